The van der Waals surface area contributed by atoms with E-state index in [1.165, 1.54) is 0 Å². The molecule has 0 unspecified atom stereocenters. The van der Waals surface area contributed by atoms with Crippen molar-refractivity contribution in [3.63, 3.8) is 0 Å². The van der Waals surface area contributed by atoms with E-state index in [4.69, 9.17) is 4.74 Å². The van der Waals surface area contributed by atoms with E-state index < -0.39 is 5.60 Å². The van der Waals surface area contributed by atoms with Crippen molar-refractivity contribution in [2.24, 2.45) is 5.92 Å². The molecule has 2 heterocycles. The van der Waals surface area contributed by atoms with Crippen LogP contribution in [0.15, 0.2) is 24.3 Å². The van der Waals surface area contributed by atoms with Gasteiger partial charge in [0.25, 0.3) is 0 Å². The normalized spacial score (nSPS) is 32.8. The molecular weight excluding hydrogens is 276 g/mol. The van der Waals surface area contributed by atoms with Gasteiger partial charge in [-0.25, -0.2) is 0 Å². The summed E-state index contributed by atoms with van der Waals surface area (Å²) in [6.07, 6.45) is 2.95. The predicted molar refractivity (Wildman–Crippen MR) is 84.1 cm³/mol. The zero-order chi connectivity index (χ0) is 15.6. The number of nitriles is 1. The number of hydrogen-bond acceptors (Lipinski definition) is 4. The van der Waals surface area contributed by atoms with Crippen LogP contribution in [0.4, 0.5) is 0 Å². The molecule has 2 saturated heterocycles. The minimum atomic E-state index is -0.653. The highest BCUT2D eigenvalue weighted by Crippen LogP contribution is 2.36. The lowest BCUT2D eigenvalue weighted by Crippen LogP contribution is -2.52. The van der Waals surface area contributed by atoms with Crippen LogP contribution >= 0.6 is 0 Å². The Bertz CT molecular complexity index is 564. The van der Waals surface area contributed by atoms with Crippen LogP contribution in [0.2, 0.25) is 0 Å². The Morgan fingerprint density at radius 1 is 1.45 bits per heavy atom. The number of rotatable bonds is 3. The van der Waals surface area contributed by atoms with Crippen molar-refractivity contribution in [3.8, 4) is 6.07 Å². The minimum absolute atomic E-state index is 0.151. The Morgan fingerprint density at radius 3 is 3.05 bits per heavy atom. The molecule has 2 aliphatic heterocycles. The molecule has 0 radical (unpaired) electrons. The van der Waals surface area contributed by atoms with E-state index in [9.17, 15) is 10.4 Å². The van der Waals surface area contributed by atoms with E-state index in [1.807, 2.05) is 31.2 Å². The van der Waals surface area contributed by atoms with Crippen molar-refractivity contribution in [1.82, 2.24) is 4.90 Å². The van der Waals surface area contributed by atoms with Gasteiger partial charge in [0.2, 0.25) is 0 Å². The van der Waals surface area contributed by atoms with Gasteiger partial charge in [0.1, 0.15) is 0 Å². The summed E-state index contributed by atoms with van der Waals surface area (Å²) in [5.41, 5.74) is 1.17. The Hall–Kier alpha value is -1.41. The Morgan fingerprint density at radius 2 is 2.27 bits per heavy atom. The average Bonchev–Trinajstić information content (AvgIpc) is 2.95. The monoisotopic (exact) mass is 300 g/mol. The Labute approximate surface area is 132 Å². The van der Waals surface area contributed by atoms with Crippen LogP contribution in [0, 0.1) is 17.2 Å². The number of ether oxygens (including phenoxy) is 1. The molecule has 1 aromatic rings. The smallest absolute Gasteiger partial charge is 0.0995 e. The largest absolute Gasteiger partial charge is 0.390 e. The van der Waals surface area contributed by atoms with E-state index in [0.29, 0.717) is 25.7 Å². The van der Waals surface area contributed by atoms with Gasteiger partial charge in [-0.2, -0.15) is 5.26 Å². The highest BCUT2D eigenvalue weighted by atomic mass is 16.5. The lowest BCUT2D eigenvalue weighted by Gasteiger charge is -2.43. The first-order valence-corrected chi connectivity index (χ1v) is 8.14. The molecule has 118 valence electrons. The fourth-order valence-electron chi connectivity index (χ4n) is 3.87. The molecule has 0 saturated carbocycles. The fourth-order valence-corrected chi connectivity index (χ4v) is 3.87. The van der Waals surface area contributed by atoms with Crippen molar-refractivity contribution >= 4 is 0 Å². The molecule has 1 N–H and O–H groups in total. The Kier molecular flexibility index (Phi) is 4.49. The van der Waals surface area contributed by atoms with Gasteiger partial charge in [-0.1, -0.05) is 18.2 Å². The molecule has 1 aromatic carbocycles. The SMILES string of the molecule is C[C@]1(O)CCOC[C@H]1[C@@H]1CCCN1Cc1ccccc1C#N. The first-order valence-electron chi connectivity index (χ1n) is 8.14. The molecule has 0 aromatic heterocycles. The van der Waals surface area contributed by atoms with Crippen LogP contribution in [-0.2, 0) is 11.3 Å². The topological polar surface area (TPSA) is 56.5 Å². The van der Waals surface area contributed by atoms with Crippen LogP contribution in [0.1, 0.15) is 37.3 Å². The van der Waals surface area contributed by atoms with E-state index >= 15 is 0 Å². The number of nitrogens with zero attached hydrogens (tertiary/aromatic N) is 2. The molecule has 2 aliphatic rings. The van der Waals surface area contributed by atoms with Crippen LogP contribution in [-0.4, -0.2) is 41.4 Å². The third-order valence-corrected chi connectivity index (χ3v) is 5.24. The van der Waals surface area contributed by atoms with Crippen LogP contribution in [0.3, 0.4) is 0 Å². The molecular formula is C18H24N2O2. The maximum absolute atomic E-state index is 10.7. The van der Waals surface area contributed by atoms with Gasteiger partial charge in [-0.05, 0) is 44.4 Å². The standard InChI is InChI=1S/C18H24N2O2/c1-18(21)8-10-22-13-16(18)17-7-4-9-20(17)12-15-6-3-2-5-14(15)11-19/h2-3,5-6,16-17,21H,4,7-10,12-13H2,1H3/t16-,17-,18-/m0/s1. The second-order valence-corrected chi connectivity index (χ2v) is 6.74. The molecule has 3 atom stereocenters. The summed E-state index contributed by atoms with van der Waals surface area (Å²) in [6, 6.07) is 10.4. The van der Waals surface area contributed by atoms with E-state index in [-0.39, 0.29) is 5.92 Å². The fraction of sp³-hybridized carbons (Fsp3) is 0.611. The van der Waals surface area contributed by atoms with Gasteiger partial charge in [-0.15, -0.1) is 0 Å². The maximum atomic E-state index is 10.7. The van der Waals surface area contributed by atoms with Crippen molar-refractivity contribution < 1.29 is 9.84 Å². The van der Waals surface area contributed by atoms with Crippen LogP contribution in [0.25, 0.3) is 0 Å². The molecule has 0 bridgehead atoms. The first-order chi connectivity index (χ1) is 10.6. The minimum Gasteiger partial charge on any atom is -0.390 e. The number of hydrogen-bond donors (Lipinski definition) is 1. The maximum Gasteiger partial charge on any atom is 0.0995 e. The van der Waals surface area contributed by atoms with Crippen LogP contribution in [0.5, 0.6) is 0 Å². The second-order valence-electron chi connectivity index (χ2n) is 6.74. The Balaban J connectivity index is 1.77. The molecule has 0 amide bonds. The second kappa shape index (κ2) is 6.37. The first kappa shape index (κ1) is 15.5. The number of aliphatic hydroxyl groups is 1. The lowest BCUT2D eigenvalue weighted by molar-refractivity contribution is -0.123. The molecule has 3 rings (SSSR count). The van der Waals surface area contributed by atoms with Crippen LogP contribution < -0.4 is 0 Å². The van der Waals surface area contributed by atoms with E-state index in [2.05, 4.69) is 11.0 Å². The van der Waals surface area contributed by atoms with Gasteiger partial charge in [-0.3, -0.25) is 4.90 Å². The highest BCUT2D eigenvalue weighted by molar-refractivity contribution is 5.37. The number of benzene rings is 1. The molecule has 0 aliphatic carbocycles. The zero-order valence-electron chi connectivity index (χ0n) is 13.2. The van der Waals surface area contributed by atoms with E-state index in [0.717, 1.165) is 37.1 Å². The van der Waals surface area contributed by atoms with E-state index in [1.54, 1.807) is 0 Å². The van der Waals surface area contributed by atoms with Crippen molar-refractivity contribution in [2.75, 3.05) is 19.8 Å². The number of likely N-dealkylation sites (tertiary alicyclic amines) is 1. The van der Waals surface area contributed by atoms with Gasteiger partial charge in [0, 0.05) is 25.1 Å². The molecule has 2 fully saturated rings. The van der Waals surface area contributed by atoms with Crippen molar-refractivity contribution in [2.45, 2.75) is 44.4 Å². The highest BCUT2D eigenvalue weighted by Gasteiger charge is 2.44. The van der Waals surface area contributed by atoms with Gasteiger partial charge in [0.05, 0.1) is 23.8 Å². The molecule has 22 heavy (non-hydrogen) atoms. The summed E-state index contributed by atoms with van der Waals surface area (Å²) in [7, 11) is 0. The third kappa shape index (κ3) is 3.03. The quantitative estimate of drug-likeness (QED) is 0.930. The molecule has 0 spiro atoms. The summed E-state index contributed by atoms with van der Waals surface area (Å²) >= 11 is 0. The van der Waals surface area contributed by atoms with Gasteiger partial charge >= 0.3 is 0 Å². The summed E-state index contributed by atoms with van der Waals surface area (Å²) in [5, 5.41) is 20.0. The van der Waals surface area contributed by atoms with Gasteiger partial charge in [0.15, 0.2) is 0 Å². The molecule has 4 nitrogen and oxygen atoms in total. The summed E-state index contributed by atoms with van der Waals surface area (Å²) in [5.74, 6) is 0.151. The predicted octanol–water partition coefficient (Wildman–Crippen LogP) is 2.31. The summed E-state index contributed by atoms with van der Waals surface area (Å²) in [4.78, 5) is 2.42. The van der Waals surface area contributed by atoms with Crippen molar-refractivity contribution in [1.29, 1.82) is 5.26 Å². The van der Waals surface area contributed by atoms with Gasteiger partial charge < -0.3 is 9.84 Å². The average molecular weight is 300 g/mol. The molecule has 4 heteroatoms. The summed E-state index contributed by atoms with van der Waals surface area (Å²) < 4.78 is 5.63. The lowest BCUT2D eigenvalue weighted by atomic mass is 9.79. The third-order valence-electron chi connectivity index (χ3n) is 5.24. The van der Waals surface area contributed by atoms with Crippen molar-refractivity contribution in [3.05, 3.63) is 35.4 Å². The summed E-state index contributed by atoms with van der Waals surface area (Å²) in [6.45, 7) is 5.03. The zero-order valence-corrected chi connectivity index (χ0v) is 13.2.